The Morgan fingerprint density at radius 1 is 1.44 bits per heavy atom. The molecule has 18 heavy (non-hydrogen) atoms. The second kappa shape index (κ2) is 4.55. The highest BCUT2D eigenvalue weighted by Crippen LogP contribution is 2.40. The summed E-state index contributed by atoms with van der Waals surface area (Å²) in [6, 6.07) is 8.08. The summed E-state index contributed by atoms with van der Waals surface area (Å²) in [4.78, 5) is 4.50. The summed E-state index contributed by atoms with van der Waals surface area (Å²) in [6.07, 6.45) is 3.96. The number of pyridine rings is 1. The molecular formula is C14H17N3O. The summed E-state index contributed by atoms with van der Waals surface area (Å²) in [5.41, 5.74) is 5.35. The van der Waals surface area contributed by atoms with Crippen LogP contribution in [-0.4, -0.2) is 4.98 Å². The fourth-order valence-corrected chi connectivity index (χ4v) is 2.79. The highest BCUT2D eigenvalue weighted by molar-refractivity contribution is 5.31. The van der Waals surface area contributed by atoms with Crippen molar-refractivity contribution in [3.8, 4) is 0 Å². The Labute approximate surface area is 106 Å². The highest BCUT2D eigenvalue weighted by Gasteiger charge is 2.32. The first-order valence-electron chi connectivity index (χ1n) is 6.26. The Hall–Kier alpha value is -1.65. The maximum absolute atomic E-state index is 5.71. The van der Waals surface area contributed by atoms with E-state index in [-0.39, 0.29) is 12.0 Å². The average molecular weight is 243 g/mol. The molecule has 0 aromatic carbocycles. The van der Waals surface area contributed by atoms with Gasteiger partial charge in [-0.3, -0.25) is 10.8 Å². The molecule has 0 radical (unpaired) electrons. The molecule has 0 bridgehead atoms. The lowest BCUT2D eigenvalue weighted by Crippen LogP contribution is -2.32. The van der Waals surface area contributed by atoms with Crippen molar-refractivity contribution in [1.29, 1.82) is 0 Å². The van der Waals surface area contributed by atoms with Crippen LogP contribution >= 0.6 is 0 Å². The van der Waals surface area contributed by atoms with Crippen molar-refractivity contribution < 1.29 is 4.42 Å². The van der Waals surface area contributed by atoms with Gasteiger partial charge in [-0.15, -0.1) is 0 Å². The van der Waals surface area contributed by atoms with Gasteiger partial charge in [-0.25, -0.2) is 5.43 Å². The van der Waals surface area contributed by atoms with Gasteiger partial charge in [0.2, 0.25) is 0 Å². The predicted octanol–water partition coefficient (Wildman–Crippen LogP) is 2.22. The van der Waals surface area contributed by atoms with Crippen LogP contribution in [0.4, 0.5) is 0 Å². The lowest BCUT2D eigenvalue weighted by molar-refractivity contribution is 0.357. The quantitative estimate of drug-likeness (QED) is 0.641. The van der Waals surface area contributed by atoms with Crippen LogP contribution in [0.25, 0.3) is 0 Å². The summed E-state index contributed by atoms with van der Waals surface area (Å²) < 4.78 is 5.69. The van der Waals surface area contributed by atoms with Crippen molar-refractivity contribution in [2.45, 2.75) is 31.7 Å². The molecular weight excluding hydrogens is 226 g/mol. The average Bonchev–Trinajstić information content (AvgIpc) is 2.98. The Morgan fingerprint density at radius 3 is 3.06 bits per heavy atom. The van der Waals surface area contributed by atoms with E-state index in [1.54, 1.807) is 0 Å². The molecule has 4 nitrogen and oxygen atoms in total. The lowest BCUT2D eigenvalue weighted by Gasteiger charge is -2.20. The van der Waals surface area contributed by atoms with E-state index in [9.17, 15) is 0 Å². The van der Waals surface area contributed by atoms with Gasteiger partial charge in [-0.2, -0.15) is 0 Å². The number of fused-ring (bicyclic) bond motifs is 1. The van der Waals surface area contributed by atoms with Gasteiger partial charge in [0.1, 0.15) is 11.5 Å². The van der Waals surface area contributed by atoms with Gasteiger partial charge in [-0.05, 0) is 43.5 Å². The van der Waals surface area contributed by atoms with Crippen LogP contribution in [0.3, 0.4) is 0 Å². The first-order chi connectivity index (χ1) is 8.79. The molecule has 2 aromatic rings. The molecule has 0 aliphatic heterocycles. The molecule has 3 rings (SSSR count). The fourth-order valence-electron chi connectivity index (χ4n) is 2.79. The molecule has 2 aromatic heterocycles. The number of aromatic nitrogens is 1. The van der Waals surface area contributed by atoms with E-state index in [0.717, 1.165) is 30.1 Å². The smallest absolute Gasteiger partial charge is 0.123 e. The zero-order valence-corrected chi connectivity index (χ0v) is 10.4. The van der Waals surface area contributed by atoms with Crippen molar-refractivity contribution in [2.75, 3.05) is 0 Å². The third-order valence-corrected chi connectivity index (χ3v) is 3.65. The van der Waals surface area contributed by atoms with Gasteiger partial charge in [0.05, 0.1) is 6.04 Å². The van der Waals surface area contributed by atoms with Gasteiger partial charge >= 0.3 is 0 Å². The van der Waals surface area contributed by atoms with Gasteiger partial charge in [-0.1, -0.05) is 6.07 Å². The predicted molar refractivity (Wildman–Crippen MR) is 68.8 cm³/mol. The largest absolute Gasteiger partial charge is 0.465 e. The molecule has 4 heteroatoms. The summed E-state index contributed by atoms with van der Waals surface area (Å²) in [5, 5.41) is 0. The number of nitrogens with two attached hydrogens (primary N) is 1. The molecule has 0 fully saturated rings. The minimum Gasteiger partial charge on any atom is -0.465 e. The van der Waals surface area contributed by atoms with E-state index in [1.807, 2.05) is 31.3 Å². The molecule has 2 atom stereocenters. The fraction of sp³-hybridized carbons (Fsp3) is 0.357. The highest BCUT2D eigenvalue weighted by atomic mass is 16.3. The van der Waals surface area contributed by atoms with E-state index in [4.69, 9.17) is 10.3 Å². The summed E-state index contributed by atoms with van der Waals surface area (Å²) >= 11 is 0. The van der Waals surface area contributed by atoms with E-state index >= 15 is 0 Å². The number of hydrogen-bond acceptors (Lipinski definition) is 4. The number of hydrazine groups is 1. The van der Waals surface area contributed by atoms with E-state index < -0.39 is 0 Å². The van der Waals surface area contributed by atoms with Gasteiger partial charge in [0, 0.05) is 17.8 Å². The summed E-state index contributed by atoms with van der Waals surface area (Å²) in [7, 11) is 0. The standard InChI is InChI=1S/C14H17N3O/c1-9-4-7-12(18-9)14(17-15)11-6-5-10-3-2-8-16-13(10)11/h2-4,7-8,11,14,17H,5-6,15H2,1H3. The van der Waals surface area contributed by atoms with E-state index in [2.05, 4.69) is 16.5 Å². The van der Waals surface area contributed by atoms with Gasteiger partial charge < -0.3 is 4.42 Å². The van der Waals surface area contributed by atoms with Crippen molar-refractivity contribution in [3.63, 3.8) is 0 Å². The van der Waals surface area contributed by atoms with Crippen LogP contribution in [-0.2, 0) is 6.42 Å². The number of rotatable bonds is 3. The first kappa shape index (κ1) is 11.4. The molecule has 0 saturated carbocycles. The van der Waals surface area contributed by atoms with Crippen molar-refractivity contribution in [2.24, 2.45) is 5.84 Å². The Morgan fingerprint density at radius 2 is 2.33 bits per heavy atom. The molecule has 0 spiro atoms. The maximum Gasteiger partial charge on any atom is 0.123 e. The van der Waals surface area contributed by atoms with Crippen LogP contribution in [0.5, 0.6) is 0 Å². The van der Waals surface area contributed by atoms with Crippen LogP contribution in [0, 0.1) is 6.92 Å². The Kier molecular flexibility index (Phi) is 2.89. The van der Waals surface area contributed by atoms with E-state index in [0.29, 0.717) is 0 Å². The van der Waals surface area contributed by atoms with E-state index in [1.165, 1.54) is 5.56 Å². The Balaban J connectivity index is 1.95. The van der Waals surface area contributed by atoms with Crippen molar-refractivity contribution in [3.05, 3.63) is 53.2 Å². The first-order valence-corrected chi connectivity index (χ1v) is 6.26. The molecule has 3 N–H and O–H groups in total. The molecule has 0 amide bonds. The van der Waals surface area contributed by atoms with Gasteiger partial charge in [0.15, 0.2) is 0 Å². The molecule has 94 valence electrons. The van der Waals surface area contributed by atoms with Crippen molar-refractivity contribution in [1.82, 2.24) is 10.4 Å². The van der Waals surface area contributed by atoms with Gasteiger partial charge in [0.25, 0.3) is 0 Å². The zero-order chi connectivity index (χ0) is 12.5. The number of nitrogens with one attached hydrogen (secondary N) is 1. The Bertz CT molecular complexity index is 549. The van der Waals surface area contributed by atoms with Crippen LogP contribution in [0.1, 0.15) is 41.2 Å². The third kappa shape index (κ3) is 1.83. The second-order valence-electron chi connectivity index (χ2n) is 4.79. The zero-order valence-electron chi connectivity index (χ0n) is 10.4. The minimum atomic E-state index is -0.00477. The van der Waals surface area contributed by atoms with Crippen LogP contribution < -0.4 is 11.3 Å². The minimum absolute atomic E-state index is 0.00477. The monoisotopic (exact) mass is 243 g/mol. The number of hydrogen-bond donors (Lipinski definition) is 2. The number of nitrogens with zero attached hydrogens (tertiary/aromatic N) is 1. The number of aryl methyl sites for hydroxylation is 2. The maximum atomic E-state index is 5.71. The second-order valence-corrected chi connectivity index (χ2v) is 4.79. The SMILES string of the molecule is Cc1ccc(C(NN)C2CCc3cccnc32)o1. The molecule has 2 unspecified atom stereocenters. The summed E-state index contributed by atoms with van der Waals surface area (Å²) in [5.74, 6) is 7.80. The third-order valence-electron chi connectivity index (χ3n) is 3.65. The molecule has 1 aliphatic rings. The summed E-state index contributed by atoms with van der Waals surface area (Å²) in [6.45, 7) is 1.94. The van der Waals surface area contributed by atoms with Crippen LogP contribution in [0.2, 0.25) is 0 Å². The lowest BCUT2D eigenvalue weighted by atomic mass is 9.95. The van der Waals surface area contributed by atoms with Crippen LogP contribution in [0.15, 0.2) is 34.9 Å². The molecule has 2 heterocycles. The normalized spacial score (nSPS) is 19.8. The van der Waals surface area contributed by atoms with Crippen molar-refractivity contribution >= 4 is 0 Å². The molecule has 0 saturated heterocycles. The number of furan rings is 1. The molecule has 1 aliphatic carbocycles. The topological polar surface area (TPSA) is 64.1 Å².